The standard InChI is InChI=1S/C12H18O5/c1-4-12-15-6-11(7-16-12,8-17-12)5-14-10(13)9(2)3/h2,4-8H2,1,3H3. The molecule has 0 aliphatic carbocycles. The number of rotatable bonds is 4. The van der Waals surface area contributed by atoms with E-state index in [4.69, 9.17) is 18.9 Å². The summed E-state index contributed by atoms with van der Waals surface area (Å²) in [5.41, 5.74) is 0.0147. The highest BCUT2D eigenvalue weighted by molar-refractivity contribution is 5.86. The number of fused-ring (bicyclic) bond motifs is 3. The first-order chi connectivity index (χ1) is 8.01. The summed E-state index contributed by atoms with van der Waals surface area (Å²) in [5, 5.41) is 0. The van der Waals surface area contributed by atoms with Crippen LogP contribution in [0.4, 0.5) is 0 Å². The third-order valence-corrected chi connectivity index (χ3v) is 3.09. The molecule has 5 heteroatoms. The van der Waals surface area contributed by atoms with Gasteiger partial charge in [0.05, 0.1) is 25.2 Å². The lowest BCUT2D eigenvalue weighted by Gasteiger charge is -2.51. The minimum atomic E-state index is -0.875. The van der Waals surface area contributed by atoms with Gasteiger partial charge in [-0.25, -0.2) is 4.79 Å². The zero-order chi connectivity index (χ0) is 12.5. The van der Waals surface area contributed by atoms with Crippen LogP contribution in [0.1, 0.15) is 20.3 Å². The van der Waals surface area contributed by atoms with Crippen LogP contribution in [0.2, 0.25) is 0 Å². The molecule has 96 valence electrons. The monoisotopic (exact) mass is 242 g/mol. The molecule has 17 heavy (non-hydrogen) atoms. The number of carbonyl (C=O) groups excluding carboxylic acids is 1. The summed E-state index contributed by atoms with van der Waals surface area (Å²) in [6.07, 6.45) is 0.647. The molecule has 0 spiro atoms. The van der Waals surface area contributed by atoms with Gasteiger partial charge in [0, 0.05) is 12.0 Å². The van der Waals surface area contributed by atoms with Crippen molar-refractivity contribution in [3.8, 4) is 0 Å². The Kier molecular flexibility index (Phi) is 3.25. The van der Waals surface area contributed by atoms with E-state index in [1.165, 1.54) is 0 Å². The van der Waals surface area contributed by atoms with Crippen molar-refractivity contribution >= 4 is 5.97 Å². The van der Waals surface area contributed by atoms with Gasteiger partial charge in [-0.2, -0.15) is 0 Å². The van der Waals surface area contributed by atoms with Crippen LogP contribution in [0, 0.1) is 5.41 Å². The van der Waals surface area contributed by atoms with Gasteiger partial charge < -0.3 is 18.9 Å². The molecular formula is C12H18O5. The van der Waals surface area contributed by atoms with Crippen LogP contribution in [-0.2, 0) is 23.7 Å². The van der Waals surface area contributed by atoms with Gasteiger partial charge in [0.2, 0.25) is 0 Å². The van der Waals surface area contributed by atoms with Crippen molar-refractivity contribution in [2.24, 2.45) is 5.41 Å². The van der Waals surface area contributed by atoms with Crippen molar-refractivity contribution in [3.63, 3.8) is 0 Å². The molecule has 2 bridgehead atoms. The topological polar surface area (TPSA) is 54.0 Å². The van der Waals surface area contributed by atoms with Gasteiger partial charge in [0.15, 0.2) is 0 Å². The maximum atomic E-state index is 11.3. The van der Waals surface area contributed by atoms with E-state index in [0.29, 0.717) is 31.8 Å². The molecule has 0 saturated carbocycles. The molecule has 0 aromatic carbocycles. The fourth-order valence-electron chi connectivity index (χ4n) is 1.81. The van der Waals surface area contributed by atoms with Crippen molar-refractivity contribution in [2.45, 2.75) is 26.2 Å². The lowest BCUT2D eigenvalue weighted by molar-refractivity contribution is -0.470. The summed E-state index contributed by atoms with van der Waals surface area (Å²) in [5.74, 6) is -1.27. The van der Waals surface area contributed by atoms with Crippen LogP contribution in [0.25, 0.3) is 0 Å². The van der Waals surface area contributed by atoms with Gasteiger partial charge in [-0.05, 0) is 6.92 Å². The van der Waals surface area contributed by atoms with E-state index in [-0.39, 0.29) is 12.0 Å². The van der Waals surface area contributed by atoms with E-state index in [1.807, 2.05) is 6.92 Å². The minimum absolute atomic E-state index is 0.235. The van der Waals surface area contributed by atoms with Crippen LogP contribution in [0.3, 0.4) is 0 Å². The third kappa shape index (κ3) is 2.36. The Labute approximate surface area is 101 Å². The van der Waals surface area contributed by atoms with Gasteiger partial charge in [0.1, 0.15) is 6.61 Å². The molecule has 0 amide bonds. The van der Waals surface area contributed by atoms with E-state index >= 15 is 0 Å². The van der Waals surface area contributed by atoms with Crippen molar-refractivity contribution in [1.82, 2.24) is 0 Å². The largest absolute Gasteiger partial charge is 0.461 e. The molecule has 3 aliphatic heterocycles. The van der Waals surface area contributed by atoms with Gasteiger partial charge in [-0.3, -0.25) is 0 Å². The second kappa shape index (κ2) is 4.40. The summed E-state index contributed by atoms with van der Waals surface area (Å²) in [4.78, 5) is 11.3. The third-order valence-electron chi connectivity index (χ3n) is 3.09. The van der Waals surface area contributed by atoms with E-state index in [0.717, 1.165) is 0 Å². The average molecular weight is 242 g/mol. The summed E-state index contributed by atoms with van der Waals surface area (Å²) >= 11 is 0. The number of carbonyl (C=O) groups is 1. The highest BCUT2D eigenvalue weighted by atomic mass is 16.9. The fourth-order valence-corrected chi connectivity index (χ4v) is 1.81. The second-order valence-corrected chi connectivity index (χ2v) is 4.76. The molecule has 0 radical (unpaired) electrons. The summed E-state index contributed by atoms with van der Waals surface area (Å²) < 4.78 is 21.8. The molecule has 5 nitrogen and oxygen atoms in total. The van der Waals surface area contributed by atoms with Crippen LogP contribution in [-0.4, -0.2) is 38.4 Å². The first-order valence-corrected chi connectivity index (χ1v) is 5.75. The molecule has 3 aliphatic rings. The Morgan fingerprint density at radius 1 is 1.29 bits per heavy atom. The van der Waals surface area contributed by atoms with E-state index in [2.05, 4.69) is 6.58 Å². The molecule has 0 aromatic heterocycles. The second-order valence-electron chi connectivity index (χ2n) is 4.76. The molecule has 3 saturated heterocycles. The molecule has 3 rings (SSSR count). The predicted octanol–water partition coefficient (Wildman–Crippen LogP) is 1.23. The van der Waals surface area contributed by atoms with Crippen molar-refractivity contribution in [3.05, 3.63) is 12.2 Å². The van der Waals surface area contributed by atoms with E-state index < -0.39 is 11.9 Å². The quantitative estimate of drug-likeness (QED) is 0.548. The van der Waals surface area contributed by atoms with Crippen LogP contribution < -0.4 is 0 Å². The Morgan fingerprint density at radius 3 is 2.24 bits per heavy atom. The number of hydrogen-bond acceptors (Lipinski definition) is 5. The van der Waals surface area contributed by atoms with Crippen molar-refractivity contribution in [1.29, 1.82) is 0 Å². The zero-order valence-electron chi connectivity index (χ0n) is 10.3. The zero-order valence-corrected chi connectivity index (χ0v) is 10.3. The van der Waals surface area contributed by atoms with Crippen LogP contribution in [0.15, 0.2) is 12.2 Å². The Hall–Kier alpha value is -0.910. The lowest BCUT2D eigenvalue weighted by atomic mass is 9.89. The first-order valence-electron chi connectivity index (χ1n) is 5.75. The van der Waals surface area contributed by atoms with Crippen molar-refractivity contribution in [2.75, 3.05) is 26.4 Å². The fraction of sp³-hybridized carbons (Fsp3) is 0.750. The highest BCUT2D eigenvalue weighted by Gasteiger charge is 2.52. The van der Waals surface area contributed by atoms with E-state index in [1.54, 1.807) is 6.92 Å². The Bertz CT molecular complexity index is 311. The molecule has 0 atom stereocenters. The lowest BCUT2D eigenvalue weighted by Crippen LogP contribution is -2.61. The summed E-state index contributed by atoms with van der Waals surface area (Å²) in [6.45, 7) is 8.80. The molecule has 0 N–H and O–H groups in total. The normalized spacial score (nSPS) is 35.6. The van der Waals surface area contributed by atoms with Crippen LogP contribution in [0.5, 0.6) is 0 Å². The van der Waals surface area contributed by atoms with Gasteiger partial charge in [-0.15, -0.1) is 0 Å². The number of esters is 1. The minimum Gasteiger partial charge on any atom is -0.461 e. The average Bonchev–Trinajstić information content (AvgIpc) is 2.38. The van der Waals surface area contributed by atoms with Crippen molar-refractivity contribution < 1.29 is 23.7 Å². The molecule has 0 unspecified atom stereocenters. The first kappa shape index (κ1) is 12.5. The maximum Gasteiger partial charge on any atom is 0.333 e. The highest BCUT2D eigenvalue weighted by Crippen LogP contribution is 2.40. The molecule has 0 aromatic rings. The van der Waals surface area contributed by atoms with E-state index in [9.17, 15) is 4.79 Å². The van der Waals surface area contributed by atoms with Gasteiger partial charge in [-0.1, -0.05) is 13.5 Å². The smallest absolute Gasteiger partial charge is 0.333 e. The molecular weight excluding hydrogens is 224 g/mol. The summed E-state index contributed by atoms with van der Waals surface area (Å²) in [7, 11) is 0. The SMILES string of the molecule is C=C(C)C(=O)OCC12COC(CC)(OC1)OC2. The number of hydrogen-bond donors (Lipinski definition) is 0. The molecule has 3 heterocycles. The summed E-state index contributed by atoms with van der Waals surface area (Å²) in [6, 6.07) is 0. The van der Waals surface area contributed by atoms with Crippen LogP contribution >= 0.6 is 0 Å². The maximum absolute atomic E-state index is 11.3. The van der Waals surface area contributed by atoms with Gasteiger partial charge >= 0.3 is 5.97 Å². The Morgan fingerprint density at radius 2 is 1.82 bits per heavy atom. The molecule has 3 fully saturated rings. The predicted molar refractivity (Wildman–Crippen MR) is 59.1 cm³/mol. The number of ether oxygens (including phenoxy) is 4. The Balaban J connectivity index is 1.91. The van der Waals surface area contributed by atoms with Gasteiger partial charge in [0.25, 0.3) is 5.97 Å².